The van der Waals surface area contributed by atoms with Crippen LogP contribution in [-0.4, -0.2) is 40.9 Å². The van der Waals surface area contributed by atoms with E-state index in [4.69, 9.17) is 0 Å². The lowest BCUT2D eigenvalue weighted by Crippen LogP contribution is -2.20. The summed E-state index contributed by atoms with van der Waals surface area (Å²) in [7, 11) is 3.40. The van der Waals surface area contributed by atoms with E-state index in [-0.39, 0.29) is 11.4 Å². The summed E-state index contributed by atoms with van der Waals surface area (Å²) in [5.74, 6) is 6.95. The average Bonchev–Trinajstić information content (AvgIpc) is 2.60. The molecule has 1 aromatic carbocycles. The molecule has 4 N–H and O–H groups in total. The third-order valence-corrected chi connectivity index (χ3v) is 2.88. The maximum atomic E-state index is 12.3. The maximum Gasteiger partial charge on any atom is 0.573 e. The number of halogens is 3. The second-order valence-electron chi connectivity index (χ2n) is 5.16. The minimum Gasteiger partial charge on any atom is -0.406 e. The Bertz CT molecular complexity index is 863. The maximum absolute atomic E-state index is 12.3. The van der Waals surface area contributed by atoms with Crippen molar-refractivity contribution in [2.75, 3.05) is 14.1 Å². The van der Waals surface area contributed by atoms with Gasteiger partial charge >= 0.3 is 6.36 Å². The summed E-state index contributed by atoms with van der Waals surface area (Å²) in [6, 6.07) is 6.13. The van der Waals surface area contributed by atoms with E-state index in [1.54, 1.807) is 19.0 Å². The van der Waals surface area contributed by atoms with Crippen LogP contribution < -0.4 is 21.9 Å². The fourth-order valence-corrected chi connectivity index (χ4v) is 1.84. The lowest BCUT2D eigenvalue weighted by atomic mass is 10.2. The van der Waals surface area contributed by atoms with Crippen LogP contribution in [0.25, 0.3) is 5.69 Å². The van der Waals surface area contributed by atoms with Crippen LogP contribution in [-0.2, 0) is 0 Å². The molecule has 11 heteroatoms. The first kappa shape index (κ1) is 21.9. The van der Waals surface area contributed by atoms with Gasteiger partial charge in [-0.2, -0.15) is 5.10 Å². The minimum atomic E-state index is -4.83. The lowest BCUT2D eigenvalue weighted by molar-refractivity contribution is -0.274. The van der Waals surface area contributed by atoms with Crippen molar-refractivity contribution in [2.45, 2.75) is 6.36 Å². The van der Waals surface area contributed by atoms with Gasteiger partial charge in [0, 0.05) is 44.7 Å². The molecule has 0 spiro atoms. The zero-order chi connectivity index (χ0) is 20.6. The molecule has 0 amide bonds. The number of ketones is 1. The largest absolute Gasteiger partial charge is 0.573 e. The summed E-state index contributed by atoms with van der Waals surface area (Å²) in [5.41, 5.74) is -0.734. The summed E-state index contributed by atoms with van der Waals surface area (Å²) >= 11 is 0. The molecule has 0 saturated heterocycles. The van der Waals surface area contributed by atoms with Crippen molar-refractivity contribution >= 4 is 5.78 Å². The van der Waals surface area contributed by atoms with Gasteiger partial charge in [0.25, 0.3) is 0 Å². The van der Waals surface area contributed by atoms with Gasteiger partial charge in [0.2, 0.25) is 11.2 Å². The normalized spacial score (nSPS) is 10.9. The lowest BCUT2D eigenvalue weighted by Gasteiger charge is -2.11. The van der Waals surface area contributed by atoms with E-state index in [1.807, 2.05) is 0 Å². The molecule has 0 aliphatic rings. The number of nitrogens with zero attached hydrogens (tertiary/aromatic N) is 3. The topological polar surface area (TPSA) is 116 Å². The molecule has 0 unspecified atom stereocenters. The van der Waals surface area contributed by atoms with Gasteiger partial charge in [0.1, 0.15) is 5.75 Å². The number of rotatable bonds is 5. The molecule has 2 aromatic rings. The Labute approximate surface area is 152 Å². The standard InChI is InChI=1S/C16H14F3N3O3.H4N2/c1-21(2)8-6-13(23)15-14(24)7-9-22(20-15)11-4-3-5-12(10-11)25-16(17,18)19;1-2/h3-10H,1-2H3;1-2H2/b8-6+;. The smallest absolute Gasteiger partial charge is 0.406 e. The summed E-state index contributed by atoms with van der Waals surface area (Å²) < 4.78 is 41.9. The molecule has 146 valence electrons. The van der Waals surface area contributed by atoms with E-state index in [0.29, 0.717) is 0 Å². The van der Waals surface area contributed by atoms with Gasteiger partial charge in [-0.3, -0.25) is 21.3 Å². The number of nitrogens with two attached hydrogens (primary N) is 2. The Morgan fingerprint density at radius 1 is 1.26 bits per heavy atom. The number of carbonyl (C=O) groups excluding carboxylic acids is 1. The quantitative estimate of drug-likeness (QED) is 0.344. The van der Waals surface area contributed by atoms with Gasteiger partial charge in [-0.05, 0) is 12.1 Å². The summed E-state index contributed by atoms with van der Waals surface area (Å²) in [6.45, 7) is 0. The van der Waals surface area contributed by atoms with Crippen molar-refractivity contribution in [3.63, 3.8) is 0 Å². The van der Waals surface area contributed by atoms with E-state index in [2.05, 4.69) is 21.5 Å². The van der Waals surface area contributed by atoms with Gasteiger partial charge < -0.3 is 9.64 Å². The molecular weight excluding hydrogens is 367 g/mol. The Kier molecular flexibility index (Phi) is 7.69. The summed E-state index contributed by atoms with van der Waals surface area (Å²) in [5, 5.41) is 3.91. The first-order chi connectivity index (χ1) is 12.7. The number of hydrogen-bond donors (Lipinski definition) is 2. The molecule has 2 rings (SSSR count). The number of allylic oxidation sites excluding steroid dienone is 1. The van der Waals surface area contributed by atoms with Crippen LogP contribution in [0.2, 0.25) is 0 Å². The zero-order valence-corrected chi connectivity index (χ0v) is 14.5. The second-order valence-corrected chi connectivity index (χ2v) is 5.16. The van der Waals surface area contributed by atoms with Crippen LogP contribution >= 0.6 is 0 Å². The van der Waals surface area contributed by atoms with Crippen LogP contribution in [0.5, 0.6) is 5.75 Å². The van der Waals surface area contributed by atoms with Gasteiger partial charge in [0.15, 0.2) is 5.69 Å². The molecular formula is C16H18F3N5O3. The number of hydrogen-bond acceptors (Lipinski definition) is 7. The Balaban J connectivity index is 0.00000176. The van der Waals surface area contributed by atoms with Gasteiger partial charge in [0.05, 0.1) is 5.69 Å². The number of aromatic nitrogens is 2. The highest BCUT2D eigenvalue weighted by Crippen LogP contribution is 2.24. The van der Waals surface area contributed by atoms with Gasteiger partial charge in [-0.15, -0.1) is 13.2 Å². The molecule has 0 atom stereocenters. The number of ether oxygens (including phenoxy) is 1. The fraction of sp³-hybridized carbons (Fsp3) is 0.188. The first-order valence-electron chi connectivity index (χ1n) is 7.34. The summed E-state index contributed by atoms with van der Waals surface area (Å²) in [4.78, 5) is 25.5. The van der Waals surface area contributed by atoms with E-state index >= 15 is 0 Å². The third-order valence-electron chi connectivity index (χ3n) is 2.88. The highest BCUT2D eigenvalue weighted by Gasteiger charge is 2.31. The van der Waals surface area contributed by atoms with E-state index < -0.39 is 23.3 Å². The van der Waals surface area contributed by atoms with E-state index in [0.717, 1.165) is 22.9 Å². The Hall–Kier alpha value is -3.18. The number of alkyl halides is 3. The van der Waals surface area contributed by atoms with Crippen LogP contribution in [0.1, 0.15) is 10.5 Å². The average molecular weight is 385 g/mol. The van der Waals surface area contributed by atoms with Crippen LogP contribution in [0.15, 0.2) is 53.6 Å². The molecule has 0 aliphatic heterocycles. The Morgan fingerprint density at radius 2 is 1.93 bits per heavy atom. The third kappa shape index (κ3) is 6.92. The predicted molar refractivity (Wildman–Crippen MR) is 92.0 cm³/mol. The van der Waals surface area contributed by atoms with Crippen molar-refractivity contribution in [2.24, 2.45) is 11.7 Å². The molecule has 0 saturated carbocycles. The van der Waals surface area contributed by atoms with Crippen molar-refractivity contribution in [3.05, 3.63) is 64.7 Å². The molecule has 8 nitrogen and oxygen atoms in total. The van der Waals surface area contributed by atoms with Gasteiger partial charge in [-0.1, -0.05) is 6.07 Å². The first-order valence-corrected chi connectivity index (χ1v) is 7.34. The predicted octanol–water partition coefficient (Wildman–Crippen LogP) is 1.21. The molecule has 0 fully saturated rings. The van der Waals surface area contributed by atoms with E-state index in [1.165, 1.54) is 30.6 Å². The van der Waals surface area contributed by atoms with E-state index in [9.17, 15) is 22.8 Å². The van der Waals surface area contributed by atoms with Crippen LogP contribution in [0, 0.1) is 0 Å². The molecule has 0 aliphatic carbocycles. The second kappa shape index (κ2) is 9.50. The molecule has 0 bridgehead atoms. The number of carbonyl (C=O) groups is 1. The van der Waals surface area contributed by atoms with Crippen molar-refractivity contribution < 1.29 is 22.7 Å². The van der Waals surface area contributed by atoms with Crippen molar-refractivity contribution in [1.82, 2.24) is 14.7 Å². The molecule has 1 aromatic heterocycles. The monoisotopic (exact) mass is 385 g/mol. The van der Waals surface area contributed by atoms with Crippen molar-refractivity contribution in [1.29, 1.82) is 0 Å². The number of hydrazine groups is 1. The molecule has 27 heavy (non-hydrogen) atoms. The fourth-order valence-electron chi connectivity index (χ4n) is 1.84. The SMILES string of the molecule is CN(C)/C=C/C(=O)c1nn(-c2cccc(OC(F)(F)F)c2)ccc1=O.NN. The molecule has 1 heterocycles. The minimum absolute atomic E-state index is 0.201. The number of benzene rings is 1. The summed E-state index contributed by atoms with van der Waals surface area (Å²) in [6.07, 6.45) is -0.939. The van der Waals surface area contributed by atoms with Crippen molar-refractivity contribution in [3.8, 4) is 11.4 Å². The zero-order valence-electron chi connectivity index (χ0n) is 14.5. The highest BCUT2D eigenvalue weighted by atomic mass is 19.4. The highest BCUT2D eigenvalue weighted by molar-refractivity contribution is 6.02. The van der Waals surface area contributed by atoms with Gasteiger partial charge in [-0.25, -0.2) is 4.68 Å². The van der Waals surface area contributed by atoms with Crippen LogP contribution in [0.4, 0.5) is 13.2 Å². The van der Waals surface area contributed by atoms with Crippen LogP contribution in [0.3, 0.4) is 0 Å². The molecule has 0 radical (unpaired) electrons. The Morgan fingerprint density at radius 3 is 2.52 bits per heavy atom.